The van der Waals surface area contributed by atoms with E-state index in [0.717, 1.165) is 0 Å². The zero-order chi connectivity index (χ0) is 22.7. The summed E-state index contributed by atoms with van der Waals surface area (Å²) in [6.45, 7) is 0.192. The van der Waals surface area contributed by atoms with Gasteiger partial charge in [0.05, 0.1) is 49.5 Å². The van der Waals surface area contributed by atoms with Gasteiger partial charge in [0.15, 0.2) is 23.0 Å². The minimum absolute atomic E-state index is 0.0858. The number of esters is 1. The van der Waals surface area contributed by atoms with Crippen LogP contribution in [-0.2, 0) is 9.53 Å². The van der Waals surface area contributed by atoms with Crippen LogP contribution in [0.25, 0.3) is 0 Å². The summed E-state index contributed by atoms with van der Waals surface area (Å²) in [5.74, 6) is -0.0521. The topological polar surface area (TPSA) is 92.7 Å². The van der Waals surface area contributed by atoms with E-state index in [-0.39, 0.29) is 24.2 Å². The van der Waals surface area contributed by atoms with Crippen molar-refractivity contribution in [2.45, 2.75) is 12.0 Å². The molecule has 3 aliphatic rings. The molecule has 1 fully saturated rings. The van der Waals surface area contributed by atoms with Gasteiger partial charge in [-0.05, 0) is 39.2 Å². The van der Waals surface area contributed by atoms with Crippen LogP contribution < -0.4 is 23.7 Å². The molecule has 2 aromatic rings. The first kappa shape index (κ1) is 21.5. The van der Waals surface area contributed by atoms with Gasteiger partial charge in [-0.2, -0.15) is 0 Å². The van der Waals surface area contributed by atoms with Crippen LogP contribution in [0.2, 0.25) is 5.02 Å². The van der Waals surface area contributed by atoms with Crippen molar-refractivity contribution in [1.29, 1.82) is 0 Å². The maximum Gasteiger partial charge on any atom is 0.310 e. The normalized spacial score (nSPS) is 25.1. The molecule has 2 aromatic carbocycles. The number of methoxy groups -OCH3 is 3. The number of hydrogen-bond donors (Lipinski definition) is 1. The SMILES string of the molecule is COc1c(Cl)c([C@@H]2c3cc4c(cc3[C@H](O)[C@H]3COC(=O)[C@H]23)OCO4)c(Br)c(OC)c1OC. The first-order valence-electron chi connectivity index (χ1n) is 9.87. The Balaban J connectivity index is 1.83. The van der Waals surface area contributed by atoms with Gasteiger partial charge in [0.2, 0.25) is 12.5 Å². The van der Waals surface area contributed by atoms with E-state index < -0.39 is 29.8 Å². The maximum atomic E-state index is 12.9. The minimum atomic E-state index is -0.910. The van der Waals surface area contributed by atoms with Gasteiger partial charge in [-0.3, -0.25) is 4.79 Å². The summed E-state index contributed by atoms with van der Waals surface area (Å²) in [6, 6.07) is 3.55. The van der Waals surface area contributed by atoms with Gasteiger partial charge >= 0.3 is 5.97 Å². The van der Waals surface area contributed by atoms with Crippen LogP contribution in [0.3, 0.4) is 0 Å². The Morgan fingerprint density at radius 1 is 1.00 bits per heavy atom. The first-order chi connectivity index (χ1) is 15.4. The molecule has 0 radical (unpaired) electrons. The van der Waals surface area contributed by atoms with E-state index in [1.807, 2.05) is 0 Å². The van der Waals surface area contributed by atoms with E-state index in [0.29, 0.717) is 44.2 Å². The number of fused-ring (bicyclic) bond motifs is 3. The number of hydrogen-bond acceptors (Lipinski definition) is 8. The Labute approximate surface area is 197 Å². The number of benzene rings is 2. The summed E-state index contributed by atoms with van der Waals surface area (Å²) in [5, 5.41) is 11.4. The highest BCUT2D eigenvalue weighted by atomic mass is 79.9. The zero-order valence-electron chi connectivity index (χ0n) is 17.4. The Morgan fingerprint density at radius 3 is 2.25 bits per heavy atom. The second-order valence-corrected chi connectivity index (χ2v) is 8.89. The molecule has 5 rings (SSSR count). The molecule has 4 atom stereocenters. The third kappa shape index (κ3) is 2.87. The number of aliphatic hydroxyl groups is 1. The lowest BCUT2D eigenvalue weighted by Crippen LogP contribution is -2.35. The van der Waals surface area contributed by atoms with Crippen molar-refractivity contribution >= 4 is 33.5 Å². The fourth-order valence-electron chi connectivity index (χ4n) is 4.95. The third-order valence-corrected chi connectivity index (χ3v) is 7.52. The summed E-state index contributed by atoms with van der Waals surface area (Å²) in [5.41, 5.74) is 1.90. The number of ether oxygens (including phenoxy) is 6. The number of carbonyl (C=O) groups excluding carboxylic acids is 1. The molecular formula is C22H20BrClO8. The van der Waals surface area contributed by atoms with Crippen molar-refractivity contribution in [3.63, 3.8) is 0 Å². The molecule has 0 bridgehead atoms. The van der Waals surface area contributed by atoms with Crippen LogP contribution in [0, 0.1) is 11.8 Å². The monoisotopic (exact) mass is 526 g/mol. The highest BCUT2D eigenvalue weighted by Crippen LogP contribution is 2.60. The molecule has 170 valence electrons. The predicted octanol–water partition coefficient (Wildman–Crippen LogP) is 3.83. The van der Waals surface area contributed by atoms with Crippen molar-refractivity contribution in [3.05, 3.63) is 38.3 Å². The van der Waals surface area contributed by atoms with E-state index >= 15 is 0 Å². The molecule has 1 aliphatic carbocycles. The summed E-state index contributed by atoms with van der Waals surface area (Å²) in [4.78, 5) is 12.9. The summed E-state index contributed by atoms with van der Waals surface area (Å²) in [6.07, 6.45) is -0.910. The largest absolute Gasteiger partial charge is 0.492 e. The minimum Gasteiger partial charge on any atom is -0.492 e. The molecule has 1 N–H and O–H groups in total. The van der Waals surface area contributed by atoms with E-state index in [1.54, 1.807) is 12.1 Å². The molecule has 2 aliphatic heterocycles. The Hall–Kier alpha value is -2.36. The van der Waals surface area contributed by atoms with E-state index in [1.165, 1.54) is 21.3 Å². The number of aliphatic hydroxyl groups excluding tert-OH is 1. The van der Waals surface area contributed by atoms with E-state index in [4.69, 9.17) is 40.0 Å². The predicted molar refractivity (Wildman–Crippen MR) is 116 cm³/mol. The van der Waals surface area contributed by atoms with Crippen molar-refractivity contribution in [2.75, 3.05) is 34.7 Å². The third-order valence-electron chi connectivity index (χ3n) is 6.36. The average Bonchev–Trinajstić information content (AvgIpc) is 3.40. The lowest BCUT2D eigenvalue weighted by atomic mass is 9.66. The quantitative estimate of drug-likeness (QED) is 0.600. The highest BCUT2D eigenvalue weighted by molar-refractivity contribution is 9.10. The van der Waals surface area contributed by atoms with E-state index in [9.17, 15) is 9.90 Å². The second kappa shape index (κ2) is 7.90. The highest BCUT2D eigenvalue weighted by Gasteiger charge is 2.53. The molecule has 0 amide bonds. The number of carbonyl (C=O) groups is 1. The molecule has 32 heavy (non-hydrogen) atoms. The van der Waals surface area contributed by atoms with Crippen LogP contribution in [0.1, 0.15) is 28.7 Å². The zero-order valence-corrected chi connectivity index (χ0v) is 19.8. The summed E-state index contributed by atoms with van der Waals surface area (Å²) < 4.78 is 33.6. The van der Waals surface area contributed by atoms with Gasteiger partial charge in [0, 0.05) is 17.4 Å². The molecule has 10 heteroatoms. The molecule has 8 nitrogen and oxygen atoms in total. The van der Waals surface area contributed by atoms with Gasteiger partial charge in [0.1, 0.15) is 0 Å². The van der Waals surface area contributed by atoms with Gasteiger partial charge in [-0.25, -0.2) is 0 Å². The Bertz CT molecular complexity index is 1090. The number of halogens is 2. The van der Waals surface area contributed by atoms with Gasteiger partial charge in [-0.15, -0.1) is 0 Å². The van der Waals surface area contributed by atoms with Crippen molar-refractivity contribution < 1.29 is 38.3 Å². The summed E-state index contributed by atoms with van der Waals surface area (Å²) in [7, 11) is 4.47. The molecule has 0 spiro atoms. The first-order valence-corrected chi connectivity index (χ1v) is 11.0. The Morgan fingerprint density at radius 2 is 1.62 bits per heavy atom. The standard InChI is InChI=1S/C22H20BrClO8/c1-27-19-16(23)15(17(24)20(28-2)21(19)29-3)13-8-4-11-12(32-7-31-11)5-9(8)18(25)10-6-30-22(26)14(10)13/h4-5,10,13-14,18,25H,6-7H2,1-3H3/t10-,13+,14-,18-/m0/s1. The van der Waals surface area contributed by atoms with Gasteiger partial charge in [0.25, 0.3) is 0 Å². The maximum absolute atomic E-state index is 12.9. The summed E-state index contributed by atoms with van der Waals surface area (Å²) >= 11 is 10.5. The molecule has 0 aromatic heterocycles. The molecule has 2 heterocycles. The molecule has 1 saturated heterocycles. The van der Waals surface area contributed by atoms with Crippen LogP contribution in [0.4, 0.5) is 0 Å². The fourth-order valence-corrected chi connectivity index (χ4v) is 6.22. The van der Waals surface area contributed by atoms with Crippen LogP contribution in [-0.4, -0.2) is 45.8 Å². The van der Waals surface area contributed by atoms with Crippen molar-refractivity contribution in [3.8, 4) is 28.7 Å². The average molecular weight is 528 g/mol. The van der Waals surface area contributed by atoms with Gasteiger partial charge in [-0.1, -0.05) is 11.6 Å². The van der Waals surface area contributed by atoms with Crippen LogP contribution in [0.15, 0.2) is 16.6 Å². The molecular weight excluding hydrogens is 508 g/mol. The van der Waals surface area contributed by atoms with Gasteiger partial charge < -0.3 is 33.5 Å². The van der Waals surface area contributed by atoms with Crippen molar-refractivity contribution in [2.24, 2.45) is 11.8 Å². The van der Waals surface area contributed by atoms with Crippen molar-refractivity contribution in [1.82, 2.24) is 0 Å². The molecule has 0 unspecified atom stereocenters. The lowest BCUT2D eigenvalue weighted by Gasteiger charge is -2.37. The van der Waals surface area contributed by atoms with Crippen LogP contribution in [0.5, 0.6) is 28.7 Å². The van der Waals surface area contributed by atoms with Crippen LogP contribution >= 0.6 is 27.5 Å². The smallest absolute Gasteiger partial charge is 0.310 e. The lowest BCUT2D eigenvalue weighted by molar-refractivity contribution is -0.141. The number of cyclic esters (lactones) is 1. The molecule has 0 saturated carbocycles. The Kier molecular flexibility index (Phi) is 5.30. The number of rotatable bonds is 4. The fraction of sp³-hybridized carbons (Fsp3) is 0.409. The van der Waals surface area contributed by atoms with E-state index in [2.05, 4.69) is 15.9 Å². The second-order valence-electron chi connectivity index (χ2n) is 7.72.